The van der Waals surface area contributed by atoms with E-state index in [0.29, 0.717) is 36.9 Å². The first kappa shape index (κ1) is 25.3. The monoisotopic (exact) mass is 504 g/mol. The number of anilines is 1. The highest BCUT2D eigenvalue weighted by Crippen LogP contribution is 2.23. The van der Waals surface area contributed by atoms with E-state index >= 15 is 0 Å². The maximum Gasteiger partial charge on any atom is 0.254 e. The van der Waals surface area contributed by atoms with Crippen LogP contribution in [-0.4, -0.2) is 90.9 Å². The third-order valence-corrected chi connectivity index (χ3v) is 7.73. The van der Waals surface area contributed by atoms with E-state index in [1.165, 1.54) is 19.4 Å². The van der Waals surface area contributed by atoms with Gasteiger partial charge in [-0.3, -0.25) is 14.4 Å². The molecule has 2 aromatic carbocycles. The lowest BCUT2D eigenvalue weighted by atomic mass is 10.1. The molecule has 3 aliphatic rings. The molecule has 3 heterocycles. The lowest BCUT2D eigenvalue weighted by molar-refractivity contribution is -0.120. The van der Waals surface area contributed by atoms with Crippen molar-refractivity contribution in [2.75, 3.05) is 57.3 Å². The zero-order valence-corrected chi connectivity index (χ0v) is 21.6. The van der Waals surface area contributed by atoms with Gasteiger partial charge in [-0.25, -0.2) is 0 Å². The van der Waals surface area contributed by atoms with Crippen LogP contribution in [0.3, 0.4) is 0 Å². The Kier molecular flexibility index (Phi) is 7.74. The Morgan fingerprint density at radius 2 is 1.51 bits per heavy atom. The number of benzene rings is 2. The van der Waals surface area contributed by atoms with E-state index in [9.17, 15) is 14.4 Å². The minimum absolute atomic E-state index is 0.00201. The molecule has 1 atom stereocenters. The summed E-state index contributed by atoms with van der Waals surface area (Å²) in [6, 6.07) is 15.0. The highest BCUT2D eigenvalue weighted by Gasteiger charge is 2.29. The Bertz CT molecular complexity index is 1110. The van der Waals surface area contributed by atoms with E-state index in [0.717, 1.165) is 43.9 Å². The van der Waals surface area contributed by atoms with Crippen molar-refractivity contribution in [1.29, 1.82) is 0 Å². The van der Waals surface area contributed by atoms with Gasteiger partial charge in [0.15, 0.2) is 0 Å². The van der Waals surface area contributed by atoms with Gasteiger partial charge < -0.3 is 24.3 Å². The normalized spacial score (nSPS) is 20.2. The molecular weight excluding hydrogens is 468 g/mol. The molecule has 0 saturated carbocycles. The fraction of sp³-hybridized carbons (Fsp3) is 0.483. The van der Waals surface area contributed by atoms with Crippen molar-refractivity contribution in [2.45, 2.75) is 38.6 Å². The number of rotatable bonds is 8. The van der Waals surface area contributed by atoms with Crippen molar-refractivity contribution in [3.05, 3.63) is 59.7 Å². The lowest BCUT2D eigenvalue weighted by Crippen LogP contribution is -2.52. The van der Waals surface area contributed by atoms with E-state index in [1.54, 1.807) is 39.0 Å². The summed E-state index contributed by atoms with van der Waals surface area (Å²) in [5, 5.41) is 0. The fourth-order valence-electron chi connectivity index (χ4n) is 5.26. The highest BCUT2D eigenvalue weighted by molar-refractivity contribution is 6.02. The van der Waals surface area contributed by atoms with Crippen LogP contribution in [-0.2, 0) is 4.79 Å². The first-order chi connectivity index (χ1) is 18.0. The number of hydrogen-bond donors (Lipinski definition) is 0. The number of amides is 3. The van der Waals surface area contributed by atoms with Gasteiger partial charge in [-0.1, -0.05) is 0 Å². The number of hydrogen-bond acceptors (Lipinski definition) is 5. The molecule has 3 fully saturated rings. The number of nitrogens with zero attached hydrogens (tertiary/aromatic N) is 4. The summed E-state index contributed by atoms with van der Waals surface area (Å²) in [6.45, 7) is 7.72. The summed E-state index contributed by atoms with van der Waals surface area (Å²) in [5.74, 6) is 0.498. The molecule has 8 heteroatoms. The maximum absolute atomic E-state index is 13.0. The van der Waals surface area contributed by atoms with Gasteiger partial charge in [-0.15, -0.1) is 0 Å². The Morgan fingerprint density at radius 3 is 2.08 bits per heavy atom. The van der Waals surface area contributed by atoms with Crippen molar-refractivity contribution >= 4 is 23.4 Å². The van der Waals surface area contributed by atoms with Crippen molar-refractivity contribution in [2.24, 2.45) is 0 Å². The summed E-state index contributed by atoms with van der Waals surface area (Å²) >= 11 is 0. The number of likely N-dealkylation sites (tertiary alicyclic amines) is 2. The van der Waals surface area contributed by atoms with Gasteiger partial charge >= 0.3 is 0 Å². The molecule has 3 saturated heterocycles. The standard InChI is InChI=1S/C29H36N4O4/c1-22-5-2-14-30(22)17-4-20-37-26-12-10-25(11-13-26)33-19-18-32(21-27(33)34)29(36)24-8-6-23(7-9-24)28(35)31-15-3-16-31/h6-13,22H,2-5,14-21H2,1H3/t22-/m1/s1. The van der Waals surface area contributed by atoms with Gasteiger partial charge in [0, 0.05) is 55.6 Å². The topological polar surface area (TPSA) is 73.4 Å². The maximum atomic E-state index is 13.0. The van der Waals surface area contributed by atoms with Crippen LogP contribution in [0.5, 0.6) is 5.75 Å². The van der Waals surface area contributed by atoms with E-state index < -0.39 is 0 Å². The van der Waals surface area contributed by atoms with Crippen molar-refractivity contribution < 1.29 is 19.1 Å². The van der Waals surface area contributed by atoms with Gasteiger partial charge in [0.1, 0.15) is 12.3 Å². The average Bonchev–Trinajstić information content (AvgIpc) is 3.30. The molecule has 3 amide bonds. The summed E-state index contributed by atoms with van der Waals surface area (Å²) in [7, 11) is 0. The Labute approximate surface area is 218 Å². The first-order valence-electron chi connectivity index (χ1n) is 13.5. The van der Waals surface area contributed by atoms with Crippen molar-refractivity contribution in [3.63, 3.8) is 0 Å². The average molecular weight is 505 g/mol. The number of ether oxygens (including phenoxy) is 1. The SMILES string of the molecule is C[C@@H]1CCCN1CCCOc1ccc(N2CCN(C(=O)c3ccc(C(=O)N4CCC4)cc3)CC2=O)cc1. The zero-order chi connectivity index (χ0) is 25.8. The second kappa shape index (κ2) is 11.3. The summed E-state index contributed by atoms with van der Waals surface area (Å²) in [5.41, 5.74) is 1.89. The van der Waals surface area contributed by atoms with Gasteiger partial charge in [0.05, 0.1) is 6.61 Å². The number of piperazine rings is 1. The third-order valence-electron chi connectivity index (χ3n) is 7.73. The Hall–Kier alpha value is -3.39. The molecule has 0 bridgehead atoms. The second-order valence-corrected chi connectivity index (χ2v) is 10.2. The molecule has 8 nitrogen and oxygen atoms in total. The van der Waals surface area contributed by atoms with Crippen LogP contribution in [0.25, 0.3) is 0 Å². The predicted molar refractivity (Wildman–Crippen MR) is 142 cm³/mol. The van der Waals surface area contributed by atoms with Crippen LogP contribution in [0, 0.1) is 0 Å². The molecule has 0 aromatic heterocycles. The second-order valence-electron chi connectivity index (χ2n) is 10.2. The first-order valence-corrected chi connectivity index (χ1v) is 13.5. The number of carbonyl (C=O) groups excluding carboxylic acids is 3. The van der Waals surface area contributed by atoms with E-state index in [1.807, 2.05) is 24.3 Å². The van der Waals surface area contributed by atoms with Gasteiger partial charge in [0.2, 0.25) is 5.91 Å². The van der Waals surface area contributed by atoms with Crippen LogP contribution in [0.2, 0.25) is 0 Å². The largest absolute Gasteiger partial charge is 0.494 e. The Morgan fingerprint density at radius 1 is 0.838 bits per heavy atom. The molecule has 2 aromatic rings. The van der Waals surface area contributed by atoms with Crippen LogP contribution < -0.4 is 9.64 Å². The van der Waals surface area contributed by atoms with Crippen LogP contribution in [0.15, 0.2) is 48.5 Å². The quantitative estimate of drug-likeness (QED) is 0.516. The fourth-order valence-corrected chi connectivity index (χ4v) is 5.26. The molecule has 0 aliphatic carbocycles. The smallest absolute Gasteiger partial charge is 0.254 e. The third kappa shape index (κ3) is 5.80. The molecule has 0 unspecified atom stereocenters. The van der Waals surface area contributed by atoms with E-state index in [4.69, 9.17) is 4.74 Å². The van der Waals surface area contributed by atoms with Crippen molar-refractivity contribution in [3.8, 4) is 5.75 Å². The summed E-state index contributed by atoms with van der Waals surface area (Å²) in [4.78, 5) is 45.8. The van der Waals surface area contributed by atoms with Crippen LogP contribution in [0.1, 0.15) is 53.3 Å². The molecular formula is C29H36N4O4. The van der Waals surface area contributed by atoms with Gasteiger partial charge in [0.25, 0.3) is 11.8 Å². The minimum atomic E-state index is -0.192. The molecule has 0 N–H and O–H groups in total. The zero-order valence-electron chi connectivity index (χ0n) is 21.6. The van der Waals surface area contributed by atoms with Crippen LogP contribution >= 0.6 is 0 Å². The lowest BCUT2D eigenvalue weighted by Gasteiger charge is -2.34. The van der Waals surface area contributed by atoms with E-state index in [-0.39, 0.29) is 24.3 Å². The van der Waals surface area contributed by atoms with Crippen molar-refractivity contribution in [1.82, 2.24) is 14.7 Å². The van der Waals surface area contributed by atoms with E-state index in [2.05, 4.69) is 11.8 Å². The molecule has 37 heavy (non-hydrogen) atoms. The highest BCUT2D eigenvalue weighted by atomic mass is 16.5. The molecule has 0 radical (unpaired) electrons. The van der Waals surface area contributed by atoms with Gasteiger partial charge in [-0.05, 0) is 87.7 Å². The molecule has 5 rings (SSSR count). The minimum Gasteiger partial charge on any atom is -0.494 e. The number of carbonyl (C=O) groups is 3. The molecule has 3 aliphatic heterocycles. The molecule has 196 valence electrons. The molecule has 0 spiro atoms. The summed E-state index contributed by atoms with van der Waals surface area (Å²) in [6.07, 6.45) is 4.62. The Balaban J connectivity index is 1.09. The van der Waals surface area contributed by atoms with Crippen LogP contribution in [0.4, 0.5) is 5.69 Å². The predicted octanol–water partition coefficient (Wildman–Crippen LogP) is 3.27. The summed E-state index contributed by atoms with van der Waals surface area (Å²) < 4.78 is 5.91. The van der Waals surface area contributed by atoms with Gasteiger partial charge in [-0.2, -0.15) is 0 Å².